The van der Waals surface area contributed by atoms with E-state index in [2.05, 4.69) is 20.6 Å². The Morgan fingerprint density at radius 3 is 2.93 bits per heavy atom. The third kappa shape index (κ3) is 4.19. The summed E-state index contributed by atoms with van der Waals surface area (Å²) in [6.07, 6.45) is 2.96. The molecular weight excluding hydrogens is 390 g/mol. The van der Waals surface area contributed by atoms with Gasteiger partial charge in [-0.2, -0.15) is 0 Å². The molecule has 0 fully saturated rings. The summed E-state index contributed by atoms with van der Waals surface area (Å²) in [5.74, 6) is -1.01. The van der Waals surface area contributed by atoms with Gasteiger partial charge < -0.3 is 21.4 Å². The summed E-state index contributed by atoms with van der Waals surface area (Å²) < 4.78 is 0. The topological polar surface area (TPSA) is 130 Å². The number of primary amides is 1. The molecule has 148 valence electrons. The highest BCUT2D eigenvalue weighted by Gasteiger charge is 2.26. The maximum absolute atomic E-state index is 12.3. The van der Waals surface area contributed by atoms with Crippen molar-refractivity contribution in [2.45, 2.75) is 19.3 Å². The van der Waals surface area contributed by atoms with Crippen LogP contribution in [0.15, 0.2) is 41.9 Å². The highest BCUT2D eigenvalue weighted by Crippen LogP contribution is 2.28. The largest absolute Gasteiger partial charge is 0.364 e. The number of thiazole rings is 1. The molecule has 0 spiro atoms. The molecule has 4 rings (SSSR count). The molecule has 0 saturated heterocycles. The van der Waals surface area contributed by atoms with Gasteiger partial charge in [0.15, 0.2) is 5.13 Å². The molecule has 1 aliphatic rings. The molecule has 1 aliphatic heterocycles. The summed E-state index contributed by atoms with van der Waals surface area (Å²) in [5, 5.41) is 7.92. The van der Waals surface area contributed by atoms with E-state index >= 15 is 0 Å². The first-order valence-electron chi connectivity index (χ1n) is 9.12. The number of nitrogens with zero attached hydrogens (tertiary/aromatic N) is 1. The number of hydrogen-bond donors (Lipinski definition) is 4. The minimum atomic E-state index is -0.547. The van der Waals surface area contributed by atoms with Crippen LogP contribution in [0.4, 0.5) is 10.8 Å². The molecule has 0 radical (unpaired) electrons. The Morgan fingerprint density at radius 2 is 2.14 bits per heavy atom. The molecule has 0 bridgehead atoms. The van der Waals surface area contributed by atoms with Gasteiger partial charge in [-0.25, -0.2) is 4.98 Å². The van der Waals surface area contributed by atoms with E-state index < -0.39 is 5.91 Å². The number of amides is 3. The van der Waals surface area contributed by atoms with Crippen molar-refractivity contribution >= 4 is 39.9 Å². The molecule has 1 unspecified atom stereocenters. The SMILES string of the molecule is NC(=O)c1cc(-c2csc(NC(=O)CCC3Cc4ccccc4NC3=O)n2)c[nH]1. The molecule has 29 heavy (non-hydrogen) atoms. The lowest BCUT2D eigenvalue weighted by Crippen LogP contribution is -2.30. The number of rotatable bonds is 6. The monoisotopic (exact) mass is 409 g/mol. The summed E-state index contributed by atoms with van der Waals surface area (Å²) in [4.78, 5) is 42.9. The van der Waals surface area contributed by atoms with Crippen LogP contribution in [-0.4, -0.2) is 27.7 Å². The van der Waals surface area contributed by atoms with Gasteiger partial charge in [0.1, 0.15) is 5.69 Å². The number of benzene rings is 1. The Balaban J connectivity index is 1.33. The first kappa shape index (κ1) is 18.9. The Hall–Kier alpha value is -3.46. The number of aromatic nitrogens is 2. The lowest BCUT2D eigenvalue weighted by molar-refractivity contribution is -0.121. The molecule has 3 aromatic rings. The molecule has 2 aromatic heterocycles. The van der Waals surface area contributed by atoms with Gasteiger partial charge >= 0.3 is 0 Å². The molecule has 0 saturated carbocycles. The summed E-state index contributed by atoms with van der Waals surface area (Å²) in [6, 6.07) is 9.31. The molecule has 8 nitrogen and oxygen atoms in total. The zero-order chi connectivity index (χ0) is 20.4. The molecule has 1 aromatic carbocycles. The van der Waals surface area contributed by atoms with Gasteiger partial charge in [-0.15, -0.1) is 11.3 Å². The van der Waals surface area contributed by atoms with Crippen molar-refractivity contribution in [2.75, 3.05) is 10.6 Å². The van der Waals surface area contributed by atoms with Crippen molar-refractivity contribution in [1.82, 2.24) is 9.97 Å². The number of aromatic amines is 1. The third-order valence-corrected chi connectivity index (χ3v) is 5.58. The van der Waals surface area contributed by atoms with Crippen molar-refractivity contribution in [3.8, 4) is 11.3 Å². The first-order valence-corrected chi connectivity index (χ1v) is 10.0. The zero-order valence-corrected chi connectivity index (χ0v) is 16.2. The molecule has 9 heteroatoms. The number of hydrogen-bond acceptors (Lipinski definition) is 5. The quantitative estimate of drug-likeness (QED) is 0.499. The minimum Gasteiger partial charge on any atom is -0.364 e. The second-order valence-electron chi connectivity index (χ2n) is 6.84. The van der Waals surface area contributed by atoms with E-state index in [0.717, 1.165) is 11.3 Å². The summed E-state index contributed by atoms with van der Waals surface area (Å²) in [6.45, 7) is 0. The van der Waals surface area contributed by atoms with Gasteiger partial charge in [0, 0.05) is 35.2 Å². The fraction of sp³-hybridized carbons (Fsp3) is 0.200. The average Bonchev–Trinajstić information content (AvgIpc) is 3.36. The van der Waals surface area contributed by atoms with Crippen molar-refractivity contribution in [1.29, 1.82) is 0 Å². The molecule has 0 aliphatic carbocycles. The summed E-state index contributed by atoms with van der Waals surface area (Å²) >= 11 is 1.29. The van der Waals surface area contributed by atoms with E-state index in [-0.39, 0.29) is 24.2 Å². The van der Waals surface area contributed by atoms with Crippen molar-refractivity contribution in [2.24, 2.45) is 11.7 Å². The lowest BCUT2D eigenvalue weighted by atomic mass is 9.89. The Kier molecular flexibility index (Phi) is 5.13. The zero-order valence-electron chi connectivity index (χ0n) is 15.4. The Labute approximate surface area is 170 Å². The molecule has 3 amide bonds. The number of carbonyl (C=O) groups is 3. The summed E-state index contributed by atoms with van der Waals surface area (Å²) in [5.41, 5.74) is 8.82. The van der Waals surface area contributed by atoms with Crippen LogP contribution in [-0.2, 0) is 16.0 Å². The highest BCUT2D eigenvalue weighted by molar-refractivity contribution is 7.14. The lowest BCUT2D eigenvalue weighted by Gasteiger charge is -2.24. The Bertz CT molecular complexity index is 1090. The fourth-order valence-electron chi connectivity index (χ4n) is 3.28. The number of nitrogens with one attached hydrogen (secondary N) is 3. The van der Waals surface area contributed by atoms with Crippen LogP contribution in [0.3, 0.4) is 0 Å². The van der Waals surface area contributed by atoms with E-state index in [0.29, 0.717) is 34.9 Å². The summed E-state index contributed by atoms with van der Waals surface area (Å²) in [7, 11) is 0. The van der Waals surface area contributed by atoms with Crippen LogP contribution in [0.5, 0.6) is 0 Å². The van der Waals surface area contributed by atoms with Gasteiger partial charge in [0.25, 0.3) is 5.91 Å². The van der Waals surface area contributed by atoms with Gasteiger partial charge in [0.2, 0.25) is 11.8 Å². The van der Waals surface area contributed by atoms with Crippen LogP contribution in [0.25, 0.3) is 11.3 Å². The number of carbonyl (C=O) groups excluding carboxylic acids is 3. The van der Waals surface area contributed by atoms with Crippen LogP contribution in [0.1, 0.15) is 28.9 Å². The van der Waals surface area contributed by atoms with Crippen LogP contribution < -0.4 is 16.4 Å². The number of H-pyrrole nitrogens is 1. The van der Waals surface area contributed by atoms with E-state index in [9.17, 15) is 14.4 Å². The molecule has 5 N–H and O–H groups in total. The average molecular weight is 409 g/mol. The second-order valence-corrected chi connectivity index (χ2v) is 7.70. The number of nitrogens with two attached hydrogens (primary N) is 1. The van der Waals surface area contributed by atoms with Crippen LogP contribution >= 0.6 is 11.3 Å². The van der Waals surface area contributed by atoms with E-state index in [1.807, 2.05) is 24.3 Å². The Morgan fingerprint density at radius 1 is 1.31 bits per heavy atom. The van der Waals surface area contributed by atoms with E-state index in [1.165, 1.54) is 11.3 Å². The standard InChI is InChI=1S/C20H19N5O3S/c21-18(27)15-8-13(9-22-15)16-10-29-20(24-16)25-17(26)6-5-12-7-11-3-1-2-4-14(11)23-19(12)28/h1-4,8-10,12,22H,5-7H2,(H2,21,27)(H,23,28)(H,24,25,26). The van der Waals surface area contributed by atoms with Crippen molar-refractivity contribution < 1.29 is 14.4 Å². The van der Waals surface area contributed by atoms with E-state index in [4.69, 9.17) is 5.73 Å². The maximum Gasteiger partial charge on any atom is 0.265 e. The third-order valence-electron chi connectivity index (χ3n) is 4.83. The number of anilines is 2. The smallest absolute Gasteiger partial charge is 0.265 e. The fourth-order valence-corrected chi connectivity index (χ4v) is 4.02. The van der Waals surface area contributed by atoms with Gasteiger partial charge in [-0.1, -0.05) is 18.2 Å². The normalized spacial score (nSPS) is 15.4. The number of para-hydroxylation sites is 1. The molecular formula is C20H19N5O3S. The predicted octanol–water partition coefficient (Wildman–Crippen LogP) is 2.77. The second kappa shape index (κ2) is 7.88. The van der Waals surface area contributed by atoms with Crippen LogP contribution in [0.2, 0.25) is 0 Å². The van der Waals surface area contributed by atoms with Crippen molar-refractivity contribution in [3.05, 3.63) is 53.2 Å². The maximum atomic E-state index is 12.3. The highest BCUT2D eigenvalue weighted by atomic mass is 32.1. The van der Waals surface area contributed by atoms with E-state index in [1.54, 1.807) is 17.6 Å². The first-order chi connectivity index (χ1) is 14.0. The molecule has 3 heterocycles. The predicted molar refractivity (Wildman–Crippen MR) is 111 cm³/mol. The van der Waals surface area contributed by atoms with Gasteiger partial charge in [0.05, 0.1) is 5.69 Å². The minimum absolute atomic E-state index is 0.0502. The van der Waals surface area contributed by atoms with Gasteiger partial charge in [-0.05, 0) is 30.5 Å². The van der Waals surface area contributed by atoms with Crippen molar-refractivity contribution in [3.63, 3.8) is 0 Å². The van der Waals surface area contributed by atoms with Crippen LogP contribution in [0, 0.1) is 5.92 Å². The number of fused-ring (bicyclic) bond motifs is 1. The molecule has 1 atom stereocenters. The van der Waals surface area contributed by atoms with Gasteiger partial charge in [-0.3, -0.25) is 14.4 Å².